The maximum atomic E-state index is 11.0. The molecule has 0 aromatic heterocycles. The largest absolute Gasteiger partial charge is 0.366 e. The van der Waals surface area contributed by atoms with Crippen LogP contribution in [-0.2, 0) is 5.75 Å². The summed E-state index contributed by atoms with van der Waals surface area (Å²) in [7, 11) is 0. The molecule has 3 heteroatoms. The van der Waals surface area contributed by atoms with Gasteiger partial charge in [0.25, 0.3) is 0 Å². The van der Waals surface area contributed by atoms with E-state index < -0.39 is 0 Å². The Bertz CT molecular complexity index is 573. The molecule has 0 bridgehead atoms. The molecule has 0 aliphatic rings. The number of carbonyl (C=O) groups excluding carboxylic acids is 1. The second-order valence-electron chi connectivity index (χ2n) is 5.07. The van der Waals surface area contributed by atoms with E-state index in [4.69, 9.17) is 5.73 Å². The van der Waals surface area contributed by atoms with Crippen LogP contribution < -0.4 is 5.73 Å². The molecule has 0 unspecified atom stereocenters. The fraction of sp³-hybridized carbons (Fsp3) is 0.235. The van der Waals surface area contributed by atoms with Gasteiger partial charge < -0.3 is 5.73 Å². The molecule has 2 N–H and O–H groups in total. The highest BCUT2D eigenvalue weighted by Crippen LogP contribution is 2.25. The van der Waals surface area contributed by atoms with Gasteiger partial charge in [-0.25, -0.2) is 0 Å². The van der Waals surface area contributed by atoms with E-state index in [-0.39, 0.29) is 5.91 Å². The van der Waals surface area contributed by atoms with Gasteiger partial charge in [0.15, 0.2) is 0 Å². The van der Waals surface area contributed by atoms with Gasteiger partial charge in [-0.1, -0.05) is 38.1 Å². The van der Waals surface area contributed by atoms with E-state index in [1.54, 1.807) is 23.9 Å². The van der Waals surface area contributed by atoms with Crippen LogP contribution in [0.4, 0.5) is 0 Å². The Hall–Kier alpha value is -1.74. The first-order valence-electron chi connectivity index (χ1n) is 6.68. The van der Waals surface area contributed by atoms with Crippen molar-refractivity contribution < 1.29 is 4.79 Å². The monoisotopic (exact) mass is 285 g/mol. The number of hydrogen-bond acceptors (Lipinski definition) is 2. The van der Waals surface area contributed by atoms with E-state index in [1.165, 1.54) is 16.0 Å². The molecule has 0 saturated carbocycles. The van der Waals surface area contributed by atoms with Gasteiger partial charge in [0.2, 0.25) is 5.91 Å². The van der Waals surface area contributed by atoms with Crippen molar-refractivity contribution in [1.29, 1.82) is 0 Å². The number of primary amides is 1. The van der Waals surface area contributed by atoms with Crippen LogP contribution in [0.1, 0.15) is 41.3 Å². The predicted molar refractivity (Wildman–Crippen MR) is 85.1 cm³/mol. The van der Waals surface area contributed by atoms with Crippen LogP contribution in [0.15, 0.2) is 53.4 Å². The lowest BCUT2D eigenvalue weighted by molar-refractivity contribution is 0.100. The molecule has 1 amide bonds. The van der Waals surface area contributed by atoms with Crippen LogP contribution in [0, 0.1) is 0 Å². The van der Waals surface area contributed by atoms with Crippen LogP contribution in [0.3, 0.4) is 0 Å². The zero-order valence-corrected chi connectivity index (χ0v) is 12.6. The first kappa shape index (κ1) is 14.7. The quantitative estimate of drug-likeness (QED) is 0.837. The Morgan fingerprint density at radius 2 is 1.65 bits per heavy atom. The Labute approximate surface area is 124 Å². The zero-order chi connectivity index (χ0) is 14.5. The molecule has 0 saturated heterocycles. The number of rotatable bonds is 5. The normalized spacial score (nSPS) is 10.8. The minimum Gasteiger partial charge on any atom is -0.366 e. The van der Waals surface area contributed by atoms with Crippen molar-refractivity contribution in [2.75, 3.05) is 0 Å². The summed E-state index contributed by atoms with van der Waals surface area (Å²) in [6.07, 6.45) is 0. The van der Waals surface area contributed by atoms with Crippen LogP contribution >= 0.6 is 11.8 Å². The summed E-state index contributed by atoms with van der Waals surface area (Å²) in [5.74, 6) is 1.07. The third-order valence-electron chi connectivity index (χ3n) is 3.19. The van der Waals surface area contributed by atoms with Gasteiger partial charge in [-0.2, -0.15) is 0 Å². The lowest BCUT2D eigenvalue weighted by atomic mass is 10.0. The van der Waals surface area contributed by atoms with Crippen molar-refractivity contribution in [3.8, 4) is 0 Å². The summed E-state index contributed by atoms with van der Waals surface area (Å²) in [4.78, 5) is 12.3. The zero-order valence-electron chi connectivity index (χ0n) is 11.8. The molecule has 0 radical (unpaired) electrons. The van der Waals surface area contributed by atoms with Gasteiger partial charge in [-0.3, -0.25) is 4.79 Å². The van der Waals surface area contributed by atoms with Crippen LogP contribution in [0.2, 0.25) is 0 Å². The summed E-state index contributed by atoms with van der Waals surface area (Å²) < 4.78 is 0. The van der Waals surface area contributed by atoms with Crippen molar-refractivity contribution >= 4 is 17.7 Å². The van der Waals surface area contributed by atoms with Gasteiger partial charge in [0.05, 0.1) is 0 Å². The smallest absolute Gasteiger partial charge is 0.248 e. The summed E-state index contributed by atoms with van der Waals surface area (Å²) >= 11 is 1.79. The average Bonchev–Trinajstić information content (AvgIpc) is 2.46. The van der Waals surface area contributed by atoms with E-state index in [0.29, 0.717) is 11.5 Å². The fourth-order valence-electron chi connectivity index (χ4n) is 1.88. The van der Waals surface area contributed by atoms with Crippen molar-refractivity contribution in [2.24, 2.45) is 5.73 Å². The van der Waals surface area contributed by atoms with Crippen LogP contribution in [-0.4, -0.2) is 5.91 Å². The maximum absolute atomic E-state index is 11.0. The second kappa shape index (κ2) is 6.62. The number of thioether (sulfide) groups is 1. The Morgan fingerprint density at radius 3 is 2.15 bits per heavy atom. The molecule has 20 heavy (non-hydrogen) atoms. The molecular formula is C17H19NOS. The second-order valence-corrected chi connectivity index (χ2v) is 6.12. The van der Waals surface area contributed by atoms with E-state index in [0.717, 1.165) is 5.75 Å². The molecule has 0 fully saturated rings. The summed E-state index contributed by atoms with van der Waals surface area (Å²) in [6.45, 7) is 4.39. The minimum atomic E-state index is -0.381. The Balaban J connectivity index is 1.96. The first-order valence-corrected chi connectivity index (χ1v) is 7.66. The molecular weight excluding hydrogens is 266 g/mol. The van der Waals surface area contributed by atoms with Gasteiger partial charge in [0, 0.05) is 16.2 Å². The third-order valence-corrected chi connectivity index (χ3v) is 4.27. The molecule has 0 heterocycles. The van der Waals surface area contributed by atoms with Crippen molar-refractivity contribution in [3.63, 3.8) is 0 Å². The predicted octanol–water partition coefficient (Wildman–Crippen LogP) is 4.20. The highest BCUT2D eigenvalue weighted by molar-refractivity contribution is 7.98. The van der Waals surface area contributed by atoms with Crippen LogP contribution in [0.25, 0.3) is 0 Å². The summed E-state index contributed by atoms with van der Waals surface area (Å²) in [6, 6.07) is 16.2. The average molecular weight is 285 g/mol. The number of nitrogens with two attached hydrogens (primary N) is 1. The SMILES string of the molecule is CC(C)c1ccc(SCc2ccc(C(N)=O)cc2)cc1. The summed E-state index contributed by atoms with van der Waals surface area (Å²) in [5.41, 5.74) is 8.33. The van der Waals surface area contributed by atoms with Crippen molar-refractivity contribution in [2.45, 2.75) is 30.4 Å². The molecule has 0 spiro atoms. The molecule has 0 aliphatic carbocycles. The van der Waals surface area contributed by atoms with E-state index in [1.807, 2.05) is 12.1 Å². The molecule has 104 valence electrons. The number of amides is 1. The first-order chi connectivity index (χ1) is 9.56. The number of carbonyl (C=O) groups is 1. The van der Waals surface area contributed by atoms with Crippen molar-refractivity contribution in [1.82, 2.24) is 0 Å². The number of hydrogen-bond donors (Lipinski definition) is 1. The fourth-order valence-corrected chi connectivity index (χ4v) is 2.74. The van der Waals surface area contributed by atoms with Gasteiger partial charge in [-0.05, 0) is 41.3 Å². The minimum absolute atomic E-state index is 0.381. The number of benzene rings is 2. The van der Waals surface area contributed by atoms with Gasteiger partial charge in [-0.15, -0.1) is 11.8 Å². The highest BCUT2D eigenvalue weighted by Gasteiger charge is 2.02. The highest BCUT2D eigenvalue weighted by atomic mass is 32.2. The lowest BCUT2D eigenvalue weighted by Crippen LogP contribution is -2.10. The third kappa shape index (κ3) is 3.87. The summed E-state index contributed by atoms with van der Waals surface area (Å²) in [5, 5.41) is 0. The molecule has 2 nitrogen and oxygen atoms in total. The Kier molecular flexibility index (Phi) is 4.85. The molecule has 0 aliphatic heterocycles. The maximum Gasteiger partial charge on any atom is 0.248 e. The molecule has 0 atom stereocenters. The topological polar surface area (TPSA) is 43.1 Å². The van der Waals surface area contributed by atoms with Crippen molar-refractivity contribution in [3.05, 3.63) is 65.2 Å². The molecule has 2 rings (SSSR count). The van der Waals surface area contributed by atoms with Gasteiger partial charge in [0.1, 0.15) is 0 Å². The van der Waals surface area contributed by atoms with Gasteiger partial charge >= 0.3 is 0 Å². The van der Waals surface area contributed by atoms with Crippen LogP contribution in [0.5, 0.6) is 0 Å². The Morgan fingerprint density at radius 1 is 1.05 bits per heavy atom. The molecule has 2 aromatic carbocycles. The van der Waals surface area contributed by atoms with E-state index >= 15 is 0 Å². The standard InChI is InChI=1S/C17H19NOS/c1-12(2)14-7-9-16(10-8-14)20-11-13-3-5-15(6-4-13)17(18)19/h3-10,12H,11H2,1-2H3,(H2,18,19). The molecule has 2 aromatic rings. The lowest BCUT2D eigenvalue weighted by Gasteiger charge is -2.07. The van der Waals surface area contributed by atoms with E-state index in [2.05, 4.69) is 38.1 Å². The van der Waals surface area contributed by atoms with E-state index in [9.17, 15) is 4.79 Å².